The molecule has 1 fully saturated rings. The molecule has 0 aromatic carbocycles. The Bertz CT molecular complexity index is 371. The SMILES string of the molecule is CCS(=O)(=O)CCCC1CC(C(C)C)CCC1=O. The van der Waals surface area contributed by atoms with Gasteiger partial charge in [-0.2, -0.15) is 0 Å². The van der Waals surface area contributed by atoms with Crippen LogP contribution in [-0.4, -0.2) is 25.7 Å². The van der Waals surface area contributed by atoms with E-state index < -0.39 is 9.84 Å². The molecule has 2 atom stereocenters. The maximum Gasteiger partial charge on any atom is 0.150 e. The van der Waals surface area contributed by atoms with Crippen molar-refractivity contribution in [3.8, 4) is 0 Å². The first-order valence-corrected chi connectivity index (χ1v) is 8.91. The minimum absolute atomic E-state index is 0.109. The van der Waals surface area contributed by atoms with Crippen molar-refractivity contribution in [2.45, 2.75) is 52.9 Å². The lowest BCUT2D eigenvalue weighted by Gasteiger charge is -2.30. The summed E-state index contributed by atoms with van der Waals surface area (Å²) in [5.74, 6) is 2.16. The van der Waals surface area contributed by atoms with Gasteiger partial charge in [-0.25, -0.2) is 8.42 Å². The van der Waals surface area contributed by atoms with Gasteiger partial charge in [0.25, 0.3) is 0 Å². The van der Waals surface area contributed by atoms with Crippen LogP contribution in [0, 0.1) is 17.8 Å². The van der Waals surface area contributed by atoms with E-state index in [1.165, 1.54) is 0 Å². The number of carbonyl (C=O) groups is 1. The Kier molecular flexibility index (Phi) is 5.83. The molecule has 0 aromatic heterocycles. The van der Waals surface area contributed by atoms with Gasteiger partial charge >= 0.3 is 0 Å². The topological polar surface area (TPSA) is 51.2 Å². The van der Waals surface area contributed by atoms with Crippen LogP contribution < -0.4 is 0 Å². The third-order valence-corrected chi connectivity index (χ3v) is 5.99. The third kappa shape index (κ3) is 4.71. The van der Waals surface area contributed by atoms with Crippen LogP contribution in [0.5, 0.6) is 0 Å². The van der Waals surface area contributed by atoms with E-state index in [4.69, 9.17) is 0 Å². The molecule has 1 saturated carbocycles. The van der Waals surface area contributed by atoms with Crippen molar-refractivity contribution in [1.29, 1.82) is 0 Å². The predicted molar refractivity (Wildman–Crippen MR) is 74.2 cm³/mol. The molecule has 0 spiro atoms. The smallest absolute Gasteiger partial charge is 0.150 e. The highest BCUT2D eigenvalue weighted by molar-refractivity contribution is 7.91. The van der Waals surface area contributed by atoms with Gasteiger partial charge in [0.2, 0.25) is 0 Å². The van der Waals surface area contributed by atoms with Gasteiger partial charge in [0.15, 0.2) is 0 Å². The molecule has 0 aromatic rings. The number of Topliss-reactive ketones (excluding diaryl/α,β-unsaturated/α-hetero) is 1. The second-order valence-electron chi connectivity index (χ2n) is 5.82. The average Bonchev–Trinajstić information content (AvgIpc) is 2.31. The summed E-state index contributed by atoms with van der Waals surface area (Å²) in [6.07, 6.45) is 4.05. The molecule has 1 aliphatic rings. The fourth-order valence-electron chi connectivity index (χ4n) is 2.72. The van der Waals surface area contributed by atoms with E-state index >= 15 is 0 Å². The lowest BCUT2D eigenvalue weighted by Crippen LogP contribution is -2.28. The minimum atomic E-state index is -2.88. The largest absolute Gasteiger partial charge is 0.299 e. The number of sulfone groups is 1. The molecular weight excluding hydrogens is 248 g/mol. The molecule has 1 rings (SSSR count). The van der Waals surface area contributed by atoms with Crippen LogP contribution in [0.3, 0.4) is 0 Å². The van der Waals surface area contributed by atoms with E-state index in [9.17, 15) is 13.2 Å². The molecular formula is C14H26O3S. The van der Waals surface area contributed by atoms with Crippen LogP contribution >= 0.6 is 0 Å². The van der Waals surface area contributed by atoms with Crippen molar-refractivity contribution in [2.24, 2.45) is 17.8 Å². The van der Waals surface area contributed by atoms with Crippen LogP contribution in [0.25, 0.3) is 0 Å². The molecule has 1 aliphatic carbocycles. The normalized spacial score (nSPS) is 25.7. The number of hydrogen-bond donors (Lipinski definition) is 0. The fourth-order valence-corrected chi connectivity index (χ4v) is 3.62. The Morgan fingerprint density at radius 1 is 1.33 bits per heavy atom. The number of ketones is 1. The molecule has 3 nitrogen and oxygen atoms in total. The second kappa shape index (κ2) is 6.69. The molecule has 106 valence electrons. The Labute approximate surface area is 111 Å². The quantitative estimate of drug-likeness (QED) is 0.748. The van der Waals surface area contributed by atoms with Crippen molar-refractivity contribution >= 4 is 15.6 Å². The predicted octanol–water partition coefficient (Wildman–Crippen LogP) is 2.84. The minimum Gasteiger partial charge on any atom is -0.299 e. The number of rotatable bonds is 6. The summed E-state index contributed by atoms with van der Waals surface area (Å²) in [6.45, 7) is 6.09. The number of hydrogen-bond acceptors (Lipinski definition) is 3. The van der Waals surface area contributed by atoms with Crippen molar-refractivity contribution in [2.75, 3.05) is 11.5 Å². The van der Waals surface area contributed by atoms with Crippen LogP contribution in [0.1, 0.15) is 52.9 Å². The Morgan fingerprint density at radius 3 is 2.56 bits per heavy atom. The standard InChI is InChI=1S/C14H26O3S/c1-4-18(16,17)9-5-6-13-10-12(11(2)3)7-8-14(13)15/h11-13H,4-10H2,1-3H3. The van der Waals surface area contributed by atoms with Crippen LogP contribution in [0.4, 0.5) is 0 Å². The molecule has 0 bridgehead atoms. The molecule has 0 heterocycles. The molecule has 0 aliphatic heterocycles. The van der Waals surface area contributed by atoms with Gasteiger partial charge in [-0.1, -0.05) is 20.8 Å². The molecule has 0 saturated heterocycles. The van der Waals surface area contributed by atoms with E-state index in [2.05, 4.69) is 13.8 Å². The van der Waals surface area contributed by atoms with Crippen LogP contribution in [0.2, 0.25) is 0 Å². The van der Waals surface area contributed by atoms with Crippen LogP contribution in [-0.2, 0) is 14.6 Å². The average molecular weight is 274 g/mol. The zero-order valence-electron chi connectivity index (χ0n) is 11.8. The van der Waals surface area contributed by atoms with Gasteiger partial charge in [-0.15, -0.1) is 0 Å². The summed E-state index contributed by atoms with van der Waals surface area (Å²) in [5.41, 5.74) is 0. The second-order valence-corrected chi connectivity index (χ2v) is 8.29. The lowest BCUT2D eigenvalue weighted by molar-refractivity contribution is -0.126. The fraction of sp³-hybridized carbons (Fsp3) is 0.929. The summed E-state index contributed by atoms with van der Waals surface area (Å²) < 4.78 is 22.8. The Balaban J connectivity index is 2.42. The molecule has 0 N–H and O–H groups in total. The van der Waals surface area contributed by atoms with Gasteiger partial charge in [-0.05, 0) is 37.5 Å². The highest BCUT2D eigenvalue weighted by Gasteiger charge is 2.29. The molecule has 0 amide bonds. The van der Waals surface area contributed by atoms with Gasteiger partial charge < -0.3 is 0 Å². The highest BCUT2D eigenvalue weighted by atomic mass is 32.2. The molecule has 0 radical (unpaired) electrons. The van der Waals surface area contributed by atoms with Gasteiger partial charge in [0.05, 0.1) is 5.75 Å². The monoisotopic (exact) mass is 274 g/mol. The zero-order valence-corrected chi connectivity index (χ0v) is 12.6. The summed E-state index contributed by atoms with van der Waals surface area (Å²) in [5, 5.41) is 0. The van der Waals surface area contributed by atoms with E-state index in [-0.39, 0.29) is 17.4 Å². The van der Waals surface area contributed by atoms with Gasteiger partial charge in [0.1, 0.15) is 15.6 Å². The summed E-state index contributed by atoms with van der Waals surface area (Å²) in [7, 11) is -2.88. The summed E-state index contributed by atoms with van der Waals surface area (Å²) in [4.78, 5) is 11.8. The molecule has 2 unspecified atom stereocenters. The third-order valence-electron chi connectivity index (χ3n) is 4.19. The van der Waals surface area contributed by atoms with Crippen LogP contribution in [0.15, 0.2) is 0 Å². The first-order valence-electron chi connectivity index (χ1n) is 7.09. The van der Waals surface area contributed by atoms with Gasteiger partial charge in [-0.3, -0.25) is 4.79 Å². The van der Waals surface area contributed by atoms with Crippen molar-refractivity contribution in [1.82, 2.24) is 0 Å². The van der Waals surface area contributed by atoms with Crippen molar-refractivity contribution in [3.63, 3.8) is 0 Å². The number of carbonyl (C=O) groups excluding carboxylic acids is 1. The maximum atomic E-state index is 11.8. The molecule has 18 heavy (non-hydrogen) atoms. The highest BCUT2D eigenvalue weighted by Crippen LogP contribution is 2.33. The summed E-state index contributed by atoms with van der Waals surface area (Å²) in [6, 6.07) is 0. The molecule has 4 heteroatoms. The van der Waals surface area contributed by atoms with E-state index in [0.717, 1.165) is 19.3 Å². The van der Waals surface area contributed by atoms with Gasteiger partial charge in [0, 0.05) is 18.1 Å². The Morgan fingerprint density at radius 2 is 2.00 bits per heavy atom. The van der Waals surface area contributed by atoms with Crippen molar-refractivity contribution in [3.05, 3.63) is 0 Å². The van der Waals surface area contributed by atoms with E-state index in [0.29, 0.717) is 30.5 Å². The Hall–Kier alpha value is -0.380. The zero-order chi connectivity index (χ0) is 13.8. The first kappa shape index (κ1) is 15.7. The summed E-state index contributed by atoms with van der Waals surface area (Å²) >= 11 is 0. The van der Waals surface area contributed by atoms with E-state index in [1.54, 1.807) is 6.92 Å². The van der Waals surface area contributed by atoms with Crippen molar-refractivity contribution < 1.29 is 13.2 Å². The maximum absolute atomic E-state index is 11.8. The van der Waals surface area contributed by atoms with E-state index in [1.807, 2.05) is 0 Å². The first-order chi connectivity index (χ1) is 8.35. The lowest BCUT2D eigenvalue weighted by atomic mass is 9.74.